The summed E-state index contributed by atoms with van der Waals surface area (Å²) in [5, 5.41) is 22.5. The van der Waals surface area contributed by atoms with Gasteiger partial charge in [-0.15, -0.1) is 0 Å². The molecule has 0 bridgehead atoms. The Bertz CT molecular complexity index is 1370. The zero-order chi connectivity index (χ0) is 25.6. The van der Waals surface area contributed by atoms with Crippen molar-refractivity contribution in [2.75, 3.05) is 0 Å². The Balaban J connectivity index is 1.54. The van der Waals surface area contributed by atoms with Gasteiger partial charge in [-0.1, -0.05) is 6.07 Å². The number of allylic oxidation sites excluding steroid dienone is 4. The Morgan fingerprint density at radius 1 is 0.833 bits per heavy atom. The zero-order valence-electron chi connectivity index (χ0n) is 18.8. The number of ketones is 2. The molecule has 0 amide bonds. The molecule has 0 unspecified atom stereocenters. The fraction of sp³-hybridized carbons (Fsp3) is 0.280. The Kier molecular flexibility index (Phi) is 6.17. The van der Waals surface area contributed by atoms with E-state index in [1.165, 1.54) is 6.07 Å². The summed E-state index contributed by atoms with van der Waals surface area (Å²) in [5.41, 5.74) is 0.755. The molecule has 0 N–H and O–H groups in total. The lowest BCUT2D eigenvalue weighted by Crippen LogP contribution is -2.30. The number of nitro benzene ring substituents is 2. The van der Waals surface area contributed by atoms with E-state index in [0.717, 1.165) is 12.1 Å². The fourth-order valence-electron chi connectivity index (χ4n) is 4.90. The van der Waals surface area contributed by atoms with Crippen LogP contribution in [0.2, 0.25) is 0 Å². The number of rotatable bonds is 5. The summed E-state index contributed by atoms with van der Waals surface area (Å²) in [4.78, 5) is 46.9. The molecule has 36 heavy (non-hydrogen) atoms. The lowest BCUT2D eigenvalue weighted by atomic mass is 9.73. The maximum Gasteiger partial charge on any atom is 0.318 e. The minimum absolute atomic E-state index is 0.0378. The molecule has 0 atom stereocenters. The van der Waals surface area contributed by atoms with Crippen LogP contribution in [0.15, 0.2) is 63.5 Å². The van der Waals surface area contributed by atoms with Crippen molar-refractivity contribution in [3.8, 4) is 11.5 Å². The number of carbonyl (C=O) groups is 2. The van der Waals surface area contributed by atoms with E-state index in [4.69, 9.17) is 9.47 Å². The van der Waals surface area contributed by atoms with Gasteiger partial charge in [0.2, 0.25) is 5.75 Å². The molecule has 5 rings (SSSR count). The summed E-state index contributed by atoms with van der Waals surface area (Å²) in [6.45, 7) is 0. The molecule has 0 saturated heterocycles. The SMILES string of the molecule is O=C1CCCC2=C1C(c1ccc(Oc3ccc([N+](=O)[O-])cc3[N+](=O)[O-])c(Br)c1)C1=C(CCCC1=O)O2. The molecule has 0 aromatic heterocycles. The number of hydrogen-bond donors (Lipinski definition) is 0. The number of nitro groups is 2. The Morgan fingerprint density at radius 2 is 1.44 bits per heavy atom. The van der Waals surface area contributed by atoms with Gasteiger partial charge in [-0.3, -0.25) is 29.8 Å². The van der Waals surface area contributed by atoms with E-state index in [1.807, 2.05) is 0 Å². The molecular weight excluding hydrogens is 536 g/mol. The summed E-state index contributed by atoms with van der Waals surface area (Å²) in [7, 11) is 0. The third kappa shape index (κ3) is 4.19. The second-order valence-electron chi connectivity index (χ2n) is 8.72. The number of nitrogens with zero attached hydrogens (tertiary/aromatic N) is 2. The summed E-state index contributed by atoms with van der Waals surface area (Å²) in [6, 6.07) is 8.16. The van der Waals surface area contributed by atoms with Gasteiger partial charge in [0, 0.05) is 48.8 Å². The molecule has 1 aliphatic heterocycles. The van der Waals surface area contributed by atoms with Gasteiger partial charge in [-0.25, -0.2) is 0 Å². The number of halogens is 1. The van der Waals surface area contributed by atoms with Gasteiger partial charge >= 0.3 is 5.69 Å². The molecule has 184 valence electrons. The monoisotopic (exact) mass is 554 g/mol. The van der Waals surface area contributed by atoms with Gasteiger partial charge < -0.3 is 9.47 Å². The summed E-state index contributed by atoms with van der Waals surface area (Å²) < 4.78 is 12.2. The highest BCUT2D eigenvalue weighted by molar-refractivity contribution is 9.10. The van der Waals surface area contributed by atoms with Crippen LogP contribution in [0.3, 0.4) is 0 Å². The molecule has 0 saturated carbocycles. The Labute approximate surface area is 213 Å². The number of benzene rings is 2. The third-order valence-corrected chi connectivity index (χ3v) is 7.12. The van der Waals surface area contributed by atoms with Crippen LogP contribution < -0.4 is 4.74 Å². The van der Waals surface area contributed by atoms with Gasteiger partial charge in [0.15, 0.2) is 11.6 Å². The predicted octanol–water partition coefficient (Wildman–Crippen LogP) is 6.19. The predicted molar refractivity (Wildman–Crippen MR) is 130 cm³/mol. The minimum atomic E-state index is -0.752. The Hall–Kier alpha value is -3.86. The highest BCUT2D eigenvalue weighted by Gasteiger charge is 2.41. The fourth-order valence-corrected chi connectivity index (χ4v) is 5.37. The van der Waals surface area contributed by atoms with Crippen LogP contribution in [-0.2, 0) is 14.3 Å². The van der Waals surface area contributed by atoms with Crippen molar-refractivity contribution in [1.29, 1.82) is 0 Å². The maximum absolute atomic E-state index is 12.9. The Morgan fingerprint density at radius 3 is 2.00 bits per heavy atom. The van der Waals surface area contributed by atoms with Crippen molar-refractivity contribution < 1.29 is 28.9 Å². The number of carbonyl (C=O) groups excluding carboxylic acids is 2. The average molecular weight is 555 g/mol. The van der Waals surface area contributed by atoms with E-state index in [0.29, 0.717) is 71.2 Å². The average Bonchev–Trinajstić information content (AvgIpc) is 2.84. The van der Waals surface area contributed by atoms with E-state index in [1.54, 1.807) is 18.2 Å². The molecule has 1 heterocycles. The molecule has 2 aromatic rings. The van der Waals surface area contributed by atoms with Crippen LogP contribution in [0, 0.1) is 20.2 Å². The largest absolute Gasteiger partial charge is 0.465 e. The quantitative estimate of drug-likeness (QED) is 0.315. The highest BCUT2D eigenvalue weighted by Crippen LogP contribution is 2.49. The first kappa shape index (κ1) is 23.9. The first-order valence-corrected chi connectivity index (χ1v) is 12.1. The van der Waals surface area contributed by atoms with Gasteiger partial charge in [0.25, 0.3) is 5.69 Å². The number of Topliss-reactive ketones (excluding diaryl/α,β-unsaturated/α-hetero) is 2. The first-order valence-electron chi connectivity index (χ1n) is 11.3. The van der Waals surface area contributed by atoms with Gasteiger partial charge in [0.1, 0.15) is 17.3 Å². The number of non-ortho nitro benzene ring substituents is 1. The van der Waals surface area contributed by atoms with Gasteiger partial charge in [-0.2, -0.15) is 0 Å². The van der Waals surface area contributed by atoms with E-state index >= 15 is 0 Å². The van der Waals surface area contributed by atoms with Crippen LogP contribution in [0.25, 0.3) is 0 Å². The number of hydrogen-bond acceptors (Lipinski definition) is 8. The van der Waals surface area contributed by atoms with E-state index < -0.39 is 27.1 Å². The summed E-state index contributed by atoms with van der Waals surface area (Å²) in [5.74, 6) is 0.697. The van der Waals surface area contributed by atoms with Crippen molar-refractivity contribution >= 4 is 38.9 Å². The minimum Gasteiger partial charge on any atom is -0.465 e. The third-order valence-electron chi connectivity index (χ3n) is 6.50. The van der Waals surface area contributed by atoms with Crippen LogP contribution in [0.4, 0.5) is 11.4 Å². The molecule has 3 aliphatic rings. The van der Waals surface area contributed by atoms with Gasteiger partial charge in [-0.05, 0) is 52.5 Å². The van der Waals surface area contributed by atoms with Crippen LogP contribution >= 0.6 is 15.9 Å². The molecule has 2 aliphatic carbocycles. The molecule has 0 spiro atoms. The highest BCUT2D eigenvalue weighted by atomic mass is 79.9. The van der Waals surface area contributed by atoms with Crippen molar-refractivity contribution in [2.24, 2.45) is 0 Å². The smallest absolute Gasteiger partial charge is 0.318 e. The van der Waals surface area contributed by atoms with Crippen molar-refractivity contribution in [1.82, 2.24) is 0 Å². The summed E-state index contributed by atoms with van der Waals surface area (Å²) in [6.07, 6.45) is 3.45. The summed E-state index contributed by atoms with van der Waals surface area (Å²) >= 11 is 3.44. The zero-order valence-corrected chi connectivity index (χ0v) is 20.4. The van der Waals surface area contributed by atoms with E-state index in [9.17, 15) is 29.8 Å². The molecule has 0 fully saturated rings. The topological polar surface area (TPSA) is 139 Å². The lowest BCUT2D eigenvalue weighted by Gasteiger charge is -2.36. The van der Waals surface area contributed by atoms with Crippen molar-refractivity contribution in [3.05, 3.63) is 89.3 Å². The second-order valence-corrected chi connectivity index (χ2v) is 9.57. The molecule has 0 radical (unpaired) electrons. The van der Waals surface area contributed by atoms with Gasteiger partial charge in [0.05, 0.1) is 20.4 Å². The maximum atomic E-state index is 12.9. The molecule has 11 heteroatoms. The van der Waals surface area contributed by atoms with Crippen molar-refractivity contribution in [3.63, 3.8) is 0 Å². The second kappa shape index (κ2) is 9.30. The first-order chi connectivity index (χ1) is 17.2. The van der Waals surface area contributed by atoms with E-state index in [2.05, 4.69) is 15.9 Å². The van der Waals surface area contributed by atoms with E-state index in [-0.39, 0.29) is 23.1 Å². The number of ether oxygens (including phenoxy) is 2. The normalized spacial score (nSPS) is 17.9. The van der Waals surface area contributed by atoms with Crippen molar-refractivity contribution in [2.45, 2.75) is 44.4 Å². The van der Waals surface area contributed by atoms with Crippen LogP contribution in [-0.4, -0.2) is 21.4 Å². The lowest BCUT2D eigenvalue weighted by molar-refractivity contribution is -0.394. The molecular formula is C25H19BrN2O8. The van der Waals surface area contributed by atoms with Crippen LogP contribution in [0.5, 0.6) is 11.5 Å². The molecule has 2 aromatic carbocycles. The standard InChI is InChI=1S/C25H19BrN2O8/c26-15-11-13(7-9-19(15)35-20-10-8-14(27(31)32)12-16(20)28(33)34)23-24-17(29)3-1-5-21(24)36-22-6-2-4-18(30)25(22)23/h7-12,23H,1-6H2. The molecule has 10 nitrogen and oxygen atoms in total. The van der Waals surface area contributed by atoms with Crippen LogP contribution in [0.1, 0.15) is 50.0 Å².